The molecule has 0 spiro atoms. The molecule has 3 heterocycles. The van der Waals surface area contributed by atoms with Gasteiger partial charge in [-0.05, 0) is 31.0 Å². The molecule has 5 heteroatoms. The second kappa shape index (κ2) is 6.43. The highest BCUT2D eigenvalue weighted by Crippen LogP contribution is 2.33. The third-order valence-corrected chi connectivity index (χ3v) is 4.43. The molecule has 1 atom stereocenters. The minimum atomic E-state index is 0.336. The van der Waals surface area contributed by atoms with Crippen LogP contribution in [0.5, 0.6) is 5.88 Å². The first-order valence-corrected chi connectivity index (χ1v) is 8.24. The number of aromatic nitrogens is 3. The van der Waals surface area contributed by atoms with Gasteiger partial charge in [-0.25, -0.2) is 9.97 Å². The summed E-state index contributed by atoms with van der Waals surface area (Å²) >= 11 is 0. The normalized spacial score (nSPS) is 17.1. The van der Waals surface area contributed by atoms with E-state index in [-0.39, 0.29) is 0 Å². The molecule has 0 saturated heterocycles. The van der Waals surface area contributed by atoms with E-state index >= 15 is 0 Å². The highest BCUT2D eigenvalue weighted by atomic mass is 16.5. The molecule has 1 aliphatic rings. The molecule has 0 bridgehead atoms. The molecule has 0 N–H and O–H groups in total. The van der Waals surface area contributed by atoms with Crippen LogP contribution in [0.3, 0.4) is 0 Å². The number of pyridine rings is 2. The number of fused-ring (bicyclic) bond motifs is 1. The van der Waals surface area contributed by atoms with Crippen LogP contribution >= 0.6 is 0 Å². The third kappa shape index (κ3) is 2.89. The van der Waals surface area contributed by atoms with Crippen molar-refractivity contribution >= 4 is 0 Å². The maximum Gasteiger partial charge on any atom is 0.245 e. The van der Waals surface area contributed by atoms with E-state index in [0.29, 0.717) is 17.7 Å². The second-order valence-corrected chi connectivity index (χ2v) is 6.00. The summed E-state index contributed by atoms with van der Waals surface area (Å²) in [5.41, 5.74) is 2.87. The van der Waals surface area contributed by atoms with Crippen LogP contribution in [0.4, 0.5) is 0 Å². The van der Waals surface area contributed by atoms with Gasteiger partial charge in [-0.15, -0.1) is 0 Å². The molecular weight excluding hydrogens is 302 g/mol. The number of rotatable bonds is 3. The Bertz CT molecular complexity index is 830. The minimum absolute atomic E-state index is 0.336. The predicted molar refractivity (Wildman–Crippen MR) is 89.9 cm³/mol. The summed E-state index contributed by atoms with van der Waals surface area (Å²) in [6.07, 6.45) is 5.65. The number of ether oxygens (including phenoxy) is 1. The lowest BCUT2D eigenvalue weighted by Gasteiger charge is -2.13. The number of nitrogens with zero attached hydrogens (tertiary/aromatic N) is 3. The van der Waals surface area contributed by atoms with Crippen molar-refractivity contribution in [1.29, 1.82) is 0 Å². The Labute approximate surface area is 140 Å². The first-order chi connectivity index (χ1) is 11.8. The Balaban J connectivity index is 1.63. The van der Waals surface area contributed by atoms with Gasteiger partial charge in [0.25, 0.3) is 0 Å². The minimum Gasteiger partial charge on any atom is -0.481 e. The third-order valence-electron chi connectivity index (χ3n) is 4.43. The number of hydrogen-bond donors (Lipinski definition) is 0. The van der Waals surface area contributed by atoms with E-state index in [0.717, 1.165) is 48.5 Å². The van der Waals surface area contributed by atoms with Crippen molar-refractivity contribution in [2.24, 2.45) is 0 Å². The number of hydrogen-bond acceptors (Lipinski definition) is 5. The topological polar surface area (TPSA) is 61.0 Å². The van der Waals surface area contributed by atoms with Crippen LogP contribution < -0.4 is 4.74 Å². The van der Waals surface area contributed by atoms with Crippen LogP contribution in [0.1, 0.15) is 35.9 Å². The molecule has 1 unspecified atom stereocenters. The largest absolute Gasteiger partial charge is 0.481 e. The van der Waals surface area contributed by atoms with Crippen LogP contribution in [0.25, 0.3) is 11.6 Å². The molecule has 0 aromatic carbocycles. The Hall–Kier alpha value is -2.69. The van der Waals surface area contributed by atoms with Gasteiger partial charge in [-0.3, -0.25) is 4.98 Å². The van der Waals surface area contributed by atoms with Gasteiger partial charge in [-0.1, -0.05) is 12.1 Å². The molecule has 3 aromatic heterocycles. The van der Waals surface area contributed by atoms with Crippen LogP contribution in [-0.4, -0.2) is 22.1 Å². The summed E-state index contributed by atoms with van der Waals surface area (Å²) in [5.74, 6) is 2.59. The monoisotopic (exact) mass is 321 g/mol. The molecular formula is C19H19N3O2. The Morgan fingerprint density at radius 1 is 1.12 bits per heavy atom. The predicted octanol–water partition coefficient (Wildman–Crippen LogP) is 3.80. The fourth-order valence-electron chi connectivity index (χ4n) is 3.21. The van der Waals surface area contributed by atoms with Gasteiger partial charge in [0.15, 0.2) is 0 Å². The van der Waals surface area contributed by atoms with Crippen LogP contribution in [0.15, 0.2) is 47.0 Å². The average molecular weight is 321 g/mol. The van der Waals surface area contributed by atoms with Crippen LogP contribution in [0.2, 0.25) is 0 Å². The summed E-state index contributed by atoms with van der Waals surface area (Å²) in [7, 11) is 1.65. The molecule has 24 heavy (non-hydrogen) atoms. The van der Waals surface area contributed by atoms with E-state index in [1.807, 2.05) is 30.3 Å². The van der Waals surface area contributed by atoms with Gasteiger partial charge in [0.05, 0.1) is 12.8 Å². The quantitative estimate of drug-likeness (QED) is 0.687. The molecule has 0 radical (unpaired) electrons. The highest BCUT2D eigenvalue weighted by Gasteiger charge is 2.24. The molecule has 0 aliphatic heterocycles. The van der Waals surface area contributed by atoms with Gasteiger partial charge in [0, 0.05) is 36.7 Å². The van der Waals surface area contributed by atoms with E-state index in [4.69, 9.17) is 14.1 Å². The summed E-state index contributed by atoms with van der Waals surface area (Å²) in [5, 5.41) is 0. The second-order valence-electron chi connectivity index (χ2n) is 6.00. The first kappa shape index (κ1) is 14.9. The van der Waals surface area contributed by atoms with Crippen molar-refractivity contribution in [2.75, 3.05) is 7.11 Å². The Kier molecular flexibility index (Phi) is 3.99. The van der Waals surface area contributed by atoms with E-state index in [2.05, 4.69) is 16.0 Å². The van der Waals surface area contributed by atoms with Crippen molar-refractivity contribution in [3.05, 3.63) is 59.7 Å². The molecule has 122 valence electrons. The number of aryl methyl sites for hydroxylation is 1. The van der Waals surface area contributed by atoms with Crippen molar-refractivity contribution in [3.63, 3.8) is 0 Å². The van der Waals surface area contributed by atoms with Crippen molar-refractivity contribution in [2.45, 2.75) is 31.6 Å². The fourth-order valence-corrected chi connectivity index (χ4v) is 3.21. The molecule has 3 aromatic rings. The number of oxazole rings is 1. The van der Waals surface area contributed by atoms with E-state index in [1.54, 1.807) is 13.3 Å². The maximum absolute atomic E-state index is 5.98. The summed E-state index contributed by atoms with van der Waals surface area (Å²) < 4.78 is 11.2. The number of methoxy groups -OCH3 is 1. The Morgan fingerprint density at radius 3 is 2.92 bits per heavy atom. The Morgan fingerprint density at radius 2 is 2.08 bits per heavy atom. The SMILES string of the molecule is COc1cccc(C2CCCc3oc(-c4ccccn4)nc3C2)n1. The first-order valence-electron chi connectivity index (χ1n) is 8.24. The molecule has 0 saturated carbocycles. The molecule has 4 rings (SSSR count). The van der Waals surface area contributed by atoms with E-state index < -0.39 is 0 Å². The van der Waals surface area contributed by atoms with Gasteiger partial charge < -0.3 is 9.15 Å². The molecule has 5 nitrogen and oxygen atoms in total. The van der Waals surface area contributed by atoms with Crippen molar-refractivity contribution in [1.82, 2.24) is 15.0 Å². The lowest BCUT2D eigenvalue weighted by molar-refractivity contribution is 0.394. The maximum atomic E-state index is 5.98. The summed E-state index contributed by atoms with van der Waals surface area (Å²) in [6, 6.07) is 11.7. The van der Waals surface area contributed by atoms with Gasteiger partial charge >= 0.3 is 0 Å². The summed E-state index contributed by atoms with van der Waals surface area (Å²) in [4.78, 5) is 13.6. The highest BCUT2D eigenvalue weighted by molar-refractivity contribution is 5.47. The smallest absolute Gasteiger partial charge is 0.245 e. The van der Waals surface area contributed by atoms with Crippen LogP contribution in [0, 0.1) is 0 Å². The average Bonchev–Trinajstić information content (AvgIpc) is 2.94. The lowest BCUT2D eigenvalue weighted by atomic mass is 9.96. The fraction of sp³-hybridized carbons (Fsp3) is 0.316. The zero-order valence-electron chi connectivity index (χ0n) is 13.6. The van der Waals surface area contributed by atoms with Gasteiger partial charge in [0.2, 0.25) is 11.8 Å². The standard InChI is InChI=1S/C19H19N3O2/c1-23-18-10-5-8-14(21-18)13-6-4-9-17-16(12-13)22-19(24-17)15-7-2-3-11-20-15/h2-3,5,7-8,10-11,13H,4,6,9,12H2,1H3. The summed E-state index contributed by atoms with van der Waals surface area (Å²) in [6.45, 7) is 0. The zero-order valence-corrected chi connectivity index (χ0v) is 13.6. The van der Waals surface area contributed by atoms with E-state index in [1.165, 1.54) is 0 Å². The molecule has 0 fully saturated rings. The van der Waals surface area contributed by atoms with Gasteiger partial charge in [0.1, 0.15) is 11.5 Å². The van der Waals surface area contributed by atoms with Crippen LogP contribution in [-0.2, 0) is 12.8 Å². The molecule has 0 amide bonds. The van der Waals surface area contributed by atoms with Gasteiger partial charge in [-0.2, -0.15) is 0 Å². The molecule has 1 aliphatic carbocycles. The lowest BCUT2D eigenvalue weighted by Crippen LogP contribution is -2.05. The van der Waals surface area contributed by atoms with Crippen molar-refractivity contribution in [3.8, 4) is 17.5 Å². The zero-order chi connectivity index (χ0) is 16.4. The van der Waals surface area contributed by atoms with Crippen molar-refractivity contribution < 1.29 is 9.15 Å². The van der Waals surface area contributed by atoms with E-state index in [9.17, 15) is 0 Å².